The van der Waals surface area contributed by atoms with Gasteiger partial charge in [0.2, 0.25) is 5.91 Å². The van der Waals surface area contributed by atoms with E-state index >= 15 is 0 Å². The number of nitrogens with zero attached hydrogens (tertiary/aromatic N) is 2. The molecule has 0 spiro atoms. The molecule has 0 unspecified atom stereocenters. The van der Waals surface area contributed by atoms with E-state index in [2.05, 4.69) is 0 Å². The lowest BCUT2D eigenvalue weighted by molar-refractivity contribution is -0.140. The first-order chi connectivity index (χ1) is 13.0. The number of hydrogen-bond donors (Lipinski definition) is 0. The Morgan fingerprint density at radius 3 is 2.15 bits per heavy atom. The van der Waals surface area contributed by atoms with E-state index < -0.39 is 0 Å². The second-order valence-corrected chi connectivity index (χ2v) is 6.61. The molecule has 1 aliphatic rings. The lowest BCUT2D eigenvalue weighted by atomic mass is 10.1. The summed E-state index contributed by atoms with van der Waals surface area (Å²) in [5.41, 5.74) is 2.14. The van der Waals surface area contributed by atoms with Crippen LogP contribution in [0.5, 0.6) is 5.75 Å². The van der Waals surface area contributed by atoms with Crippen LogP contribution in [0.2, 0.25) is 0 Å². The quantitative estimate of drug-likeness (QED) is 0.812. The molecule has 6 heteroatoms. The Balaban J connectivity index is 1.45. The van der Waals surface area contributed by atoms with Crippen LogP contribution in [0.25, 0.3) is 0 Å². The number of aryl methyl sites for hydroxylation is 1. The summed E-state index contributed by atoms with van der Waals surface area (Å²) in [6.45, 7) is 3.93. The number of benzene rings is 2. The minimum absolute atomic E-state index is 0.0824. The van der Waals surface area contributed by atoms with Gasteiger partial charge in [0.15, 0.2) is 6.61 Å². The number of amides is 2. The van der Waals surface area contributed by atoms with Gasteiger partial charge in [-0.25, -0.2) is 4.39 Å². The van der Waals surface area contributed by atoms with Crippen LogP contribution < -0.4 is 4.74 Å². The van der Waals surface area contributed by atoms with Crippen molar-refractivity contribution >= 4 is 11.8 Å². The van der Waals surface area contributed by atoms with Gasteiger partial charge in [-0.3, -0.25) is 9.59 Å². The highest BCUT2D eigenvalue weighted by Gasteiger charge is 2.24. The van der Waals surface area contributed by atoms with Crippen molar-refractivity contribution in [1.82, 2.24) is 9.80 Å². The van der Waals surface area contributed by atoms with Crippen LogP contribution in [-0.2, 0) is 16.0 Å². The third kappa shape index (κ3) is 5.06. The predicted molar refractivity (Wildman–Crippen MR) is 99.9 cm³/mol. The third-order valence-electron chi connectivity index (χ3n) is 4.76. The summed E-state index contributed by atoms with van der Waals surface area (Å²) in [7, 11) is 0. The van der Waals surface area contributed by atoms with Crippen molar-refractivity contribution in [2.75, 3.05) is 32.8 Å². The number of hydrogen-bond acceptors (Lipinski definition) is 3. The molecule has 2 amide bonds. The summed E-state index contributed by atoms with van der Waals surface area (Å²) in [4.78, 5) is 28.3. The van der Waals surface area contributed by atoms with Crippen molar-refractivity contribution in [2.45, 2.75) is 13.3 Å². The van der Waals surface area contributed by atoms with Gasteiger partial charge in [0, 0.05) is 26.2 Å². The van der Waals surface area contributed by atoms with Crippen molar-refractivity contribution in [3.63, 3.8) is 0 Å². The number of ether oxygens (including phenoxy) is 1. The minimum atomic E-state index is -0.347. The van der Waals surface area contributed by atoms with Gasteiger partial charge in [0.1, 0.15) is 11.6 Å². The third-order valence-corrected chi connectivity index (χ3v) is 4.76. The van der Waals surface area contributed by atoms with Gasteiger partial charge >= 0.3 is 0 Å². The SMILES string of the molecule is Cc1ccccc1CC(=O)N1CCN(C(=O)COc2ccc(F)cc2)CC1. The average molecular weight is 370 g/mol. The highest BCUT2D eigenvalue weighted by Crippen LogP contribution is 2.13. The standard InChI is InChI=1S/C21H23FN2O3/c1-16-4-2-3-5-17(16)14-20(25)23-10-12-24(13-11-23)21(26)15-27-19-8-6-18(22)7-9-19/h2-9H,10-15H2,1H3. The fraction of sp³-hybridized carbons (Fsp3) is 0.333. The maximum absolute atomic E-state index is 12.9. The molecule has 1 saturated heterocycles. The number of carbonyl (C=O) groups excluding carboxylic acids is 2. The van der Waals surface area contributed by atoms with Crippen molar-refractivity contribution < 1.29 is 18.7 Å². The van der Waals surface area contributed by atoms with Crippen molar-refractivity contribution in [3.05, 3.63) is 65.5 Å². The zero-order valence-electron chi connectivity index (χ0n) is 15.4. The van der Waals surface area contributed by atoms with Gasteiger partial charge in [-0.15, -0.1) is 0 Å². The minimum Gasteiger partial charge on any atom is -0.484 e. The second kappa shape index (κ2) is 8.66. The largest absolute Gasteiger partial charge is 0.484 e. The molecule has 1 fully saturated rings. The Kier molecular flexibility index (Phi) is 6.06. The summed E-state index contributed by atoms with van der Waals surface area (Å²) >= 11 is 0. The van der Waals surface area contributed by atoms with E-state index in [1.54, 1.807) is 9.80 Å². The molecule has 1 aliphatic heterocycles. The molecule has 2 aromatic rings. The molecule has 5 nitrogen and oxygen atoms in total. The van der Waals surface area contributed by atoms with Crippen LogP contribution in [0.1, 0.15) is 11.1 Å². The number of halogens is 1. The van der Waals surface area contributed by atoms with E-state index in [1.807, 2.05) is 31.2 Å². The van der Waals surface area contributed by atoms with E-state index in [9.17, 15) is 14.0 Å². The highest BCUT2D eigenvalue weighted by atomic mass is 19.1. The van der Waals surface area contributed by atoms with Crippen molar-refractivity contribution in [3.8, 4) is 5.75 Å². The molecule has 2 aromatic carbocycles. The fourth-order valence-corrected chi connectivity index (χ4v) is 3.06. The molecular formula is C21H23FN2O3. The monoisotopic (exact) mass is 370 g/mol. The molecule has 0 radical (unpaired) electrons. The Morgan fingerprint density at radius 1 is 0.926 bits per heavy atom. The molecule has 1 heterocycles. The van der Waals surface area contributed by atoms with Crippen LogP contribution in [0, 0.1) is 12.7 Å². The van der Waals surface area contributed by atoms with Crippen LogP contribution in [0.4, 0.5) is 4.39 Å². The Hall–Kier alpha value is -2.89. The molecule has 0 atom stereocenters. The van der Waals surface area contributed by atoms with Crippen LogP contribution in [0.15, 0.2) is 48.5 Å². The molecule has 0 N–H and O–H groups in total. The topological polar surface area (TPSA) is 49.9 Å². The molecule has 0 bridgehead atoms. The Morgan fingerprint density at radius 2 is 1.52 bits per heavy atom. The maximum atomic E-state index is 12.9. The first-order valence-corrected chi connectivity index (χ1v) is 9.01. The summed E-state index contributed by atoms with van der Waals surface area (Å²) < 4.78 is 18.3. The van der Waals surface area contributed by atoms with Gasteiger partial charge < -0.3 is 14.5 Å². The molecule has 27 heavy (non-hydrogen) atoms. The second-order valence-electron chi connectivity index (χ2n) is 6.61. The molecule has 0 aromatic heterocycles. The van der Waals surface area contributed by atoms with Gasteiger partial charge in [-0.1, -0.05) is 24.3 Å². The maximum Gasteiger partial charge on any atom is 0.260 e. The number of piperazine rings is 1. The lowest BCUT2D eigenvalue weighted by Gasteiger charge is -2.34. The van der Waals surface area contributed by atoms with Gasteiger partial charge in [-0.2, -0.15) is 0 Å². The Bertz CT molecular complexity index is 799. The zero-order chi connectivity index (χ0) is 19.2. The summed E-state index contributed by atoms with van der Waals surface area (Å²) in [6, 6.07) is 13.4. The van der Waals surface area contributed by atoms with Crippen LogP contribution in [0.3, 0.4) is 0 Å². The summed E-state index contributed by atoms with van der Waals surface area (Å²) in [6.07, 6.45) is 0.383. The van der Waals surface area contributed by atoms with E-state index in [4.69, 9.17) is 4.74 Å². The van der Waals surface area contributed by atoms with E-state index in [0.29, 0.717) is 38.3 Å². The molecule has 0 saturated carbocycles. The fourth-order valence-electron chi connectivity index (χ4n) is 3.06. The predicted octanol–water partition coefficient (Wildman–Crippen LogP) is 2.43. The first-order valence-electron chi connectivity index (χ1n) is 9.01. The van der Waals surface area contributed by atoms with Gasteiger partial charge in [-0.05, 0) is 42.3 Å². The lowest BCUT2D eigenvalue weighted by Crippen LogP contribution is -2.52. The summed E-state index contributed by atoms with van der Waals surface area (Å²) in [5, 5.41) is 0. The van der Waals surface area contributed by atoms with E-state index in [0.717, 1.165) is 11.1 Å². The molecule has 142 valence electrons. The van der Waals surface area contributed by atoms with Crippen molar-refractivity contribution in [1.29, 1.82) is 0 Å². The van der Waals surface area contributed by atoms with Gasteiger partial charge in [0.05, 0.1) is 6.42 Å². The zero-order valence-corrected chi connectivity index (χ0v) is 15.4. The molecular weight excluding hydrogens is 347 g/mol. The number of rotatable bonds is 5. The van der Waals surface area contributed by atoms with Crippen molar-refractivity contribution in [2.24, 2.45) is 0 Å². The van der Waals surface area contributed by atoms with Gasteiger partial charge in [0.25, 0.3) is 5.91 Å². The van der Waals surface area contributed by atoms with E-state index in [-0.39, 0.29) is 24.2 Å². The normalized spacial score (nSPS) is 14.1. The summed E-state index contributed by atoms with van der Waals surface area (Å²) in [5.74, 6) is 0.0567. The molecule has 3 rings (SSSR count). The Labute approximate surface area is 158 Å². The number of carbonyl (C=O) groups is 2. The highest BCUT2D eigenvalue weighted by molar-refractivity contribution is 5.80. The van der Waals surface area contributed by atoms with Crippen LogP contribution in [-0.4, -0.2) is 54.4 Å². The van der Waals surface area contributed by atoms with Crippen LogP contribution >= 0.6 is 0 Å². The smallest absolute Gasteiger partial charge is 0.260 e. The first kappa shape index (κ1) is 18.9. The average Bonchev–Trinajstić information content (AvgIpc) is 2.69. The van der Waals surface area contributed by atoms with E-state index in [1.165, 1.54) is 24.3 Å². The molecule has 0 aliphatic carbocycles.